The number of aromatic nitrogens is 4. The van der Waals surface area contributed by atoms with Crippen LogP contribution in [0.5, 0.6) is 11.8 Å². The van der Waals surface area contributed by atoms with Crippen LogP contribution < -0.4 is 0 Å². The molecule has 1 radical (unpaired) electrons. The molecule has 0 saturated carbocycles. The molecule has 0 spiro atoms. The Balaban J connectivity index is 0.000000240. The first-order valence-corrected chi connectivity index (χ1v) is 15.6. The number of carbonyl (C=O) groups is 2. The number of aliphatic imine (C=N–C) groups is 2. The van der Waals surface area contributed by atoms with Crippen molar-refractivity contribution in [1.29, 1.82) is 0 Å². The van der Waals surface area contributed by atoms with E-state index in [1.54, 1.807) is 62.4 Å². The Morgan fingerprint density at radius 1 is 0.636 bits per heavy atom. The second-order valence-corrected chi connectivity index (χ2v) is 11.2. The Bertz CT molecular complexity index is 2290. The van der Waals surface area contributed by atoms with Crippen LogP contribution >= 0.6 is 0 Å². The number of nitro benzene ring substituents is 2. The number of rotatable bonds is 10. The molecule has 2 heterocycles. The second-order valence-electron chi connectivity index (χ2n) is 11.2. The summed E-state index contributed by atoms with van der Waals surface area (Å²) in [7, 11) is 0. The largest absolute Gasteiger partial charge is 0.493 e. The molecular formula is C36H28CoN8O10. The molecule has 0 aliphatic heterocycles. The van der Waals surface area contributed by atoms with E-state index in [1.165, 1.54) is 46.1 Å². The molecule has 0 aliphatic carbocycles. The molecule has 0 amide bonds. The molecule has 281 valence electrons. The molecule has 4 aromatic carbocycles. The van der Waals surface area contributed by atoms with Crippen molar-refractivity contribution in [3.63, 3.8) is 0 Å². The van der Waals surface area contributed by atoms with Gasteiger partial charge in [-0.1, -0.05) is 36.4 Å². The van der Waals surface area contributed by atoms with Gasteiger partial charge < -0.3 is 20.4 Å². The van der Waals surface area contributed by atoms with E-state index in [0.717, 1.165) is 12.1 Å². The summed E-state index contributed by atoms with van der Waals surface area (Å²) in [5.74, 6) is -2.99. The van der Waals surface area contributed by atoms with Crippen molar-refractivity contribution in [2.75, 3.05) is 0 Å². The first-order valence-electron chi connectivity index (χ1n) is 15.6. The molecule has 0 unspecified atom stereocenters. The van der Waals surface area contributed by atoms with Crippen LogP contribution in [0.1, 0.15) is 43.2 Å². The number of hydrogen-bond acceptors (Lipinski definition) is 12. The van der Waals surface area contributed by atoms with Crippen molar-refractivity contribution >= 4 is 47.1 Å². The molecule has 6 aromatic rings. The first kappa shape index (κ1) is 40.3. The molecular weight excluding hydrogens is 763 g/mol. The van der Waals surface area contributed by atoms with Crippen molar-refractivity contribution in [1.82, 2.24) is 19.6 Å². The Kier molecular flexibility index (Phi) is 12.7. The number of para-hydroxylation sites is 2. The summed E-state index contributed by atoms with van der Waals surface area (Å²) in [5.41, 5.74) is 1.64. The Labute approximate surface area is 320 Å². The minimum atomic E-state index is -1.34. The summed E-state index contributed by atoms with van der Waals surface area (Å²) >= 11 is 0. The molecule has 55 heavy (non-hydrogen) atoms. The molecule has 0 fully saturated rings. The fourth-order valence-electron chi connectivity index (χ4n) is 4.97. The minimum absolute atomic E-state index is 0. The topological polar surface area (TPSA) is 262 Å². The molecule has 0 atom stereocenters. The number of benzene rings is 4. The average Bonchev–Trinajstić information content (AvgIpc) is 3.61. The molecule has 2 aromatic heterocycles. The third kappa shape index (κ3) is 9.11. The summed E-state index contributed by atoms with van der Waals surface area (Å²) < 4.78 is 2.68. The van der Waals surface area contributed by atoms with Gasteiger partial charge in [-0.25, -0.2) is 19.0 Å². The van der Waals surface area contributed by atoms with Gasteiger partial charge in [-0.05, 0) is 50.2 Å². The number of aryl methyl sites for hydroxylation is 2. The van der Waals surface area contributed by atoms with Gasteiger partial charge in [0.25, 0.3) is 11.4 Å². The van der Waals surface area contributed by atoms with Crippen LogP contribution in [0.25, 0.3) is 11.4 Å². The van der Waals surface area contributed by atoms with Crippen molar-refractivity contribution in [2.24, 2.45) is 9.98 Å². The van der Waals surface area contributed by atoms with Gasteiger partial charge in [0.15, 0.2) is 0 Å². The molecule has 0 aliphatic rings. The predicted octanol–water partition coefficient (Wildman–Crippen LogP) is 6.48. The van der Waals surface area contributed by atoms with Crippen LogP contribution in [0.15, 0.2) is 107 Å². The van der Waals surface area contributed by atoms with Gasteiger partial charge in [0, 0.05) is 53.5 Å². The third-order valence-corrected chi connectivity index (χ3v) is 7.67. The van der Waals surface area contributed by atoms with Crippen LogP contribution in [0.3, 0.4) is 0 Å². The monoisotopic (exact) mass is 791 g/mol. The average molecular weight is 792 g/mol. The van der Waals surface area contributed by atoms with Gasteiger partial charge in [-0.15, -0.1) is 0 Å². The van der Waals surface area contributed by atoms with E-state index in [0.29, 0.717) is 33.9 Å². The summed E-state index contributed by atoms with van der Waals surface area (Å²) in [6.45, 7) is 3.35. The number of carboxylic acids is 2. The number of carboxylic acid groups (broad SMARTS) is 2. The number of aromatic hydroxyl groups is 2. The number of hydrogen-bond donors (Lipinski definition) is 4. The normalized spacial score (nSPS) is 10.8. The van der Waals surface area contributed by atoms with E-state index in [-0.39, 0.29) is 62.4 Å². The molecule has 19 heteroatoms. The van der Waals surface area contributed by atoms with Gasteiger partial charge in [0.1, 0.15) is 0 Å². The van der Waals surface area contributed by atoms with E-state index in [2.05, 4.69) is 20.2 Å². The fraction of sp³-hybridized carbons (Fsp3) is 0.0556. The third-order valence-electron chi connectivity index (χ3n) is 7.67. The molecule has 0 bridgehead atoms. The van der Waals surface area contributed by atoms with Gasteiger partial charge in [-0.3, -0.25) is 30.2 Å². The number of aromatic carboxylic acids is 2. The van der Waals surface area contributed by atoms with E-state index >= 15 is 0 Å². The van der Waals surface area contributed by atoms with Crippen molar-refractivity contribution in [3.8, 4) is 23.1 Å². The van der Waals surface area contributed by atoms with Gasteiger partial charge >= 0.3 is 11.9 Å². The first-order chi connectivity index (χ1) is 25.8. The quantitative estimate of drug-likeness (QED) is 0.0660. The maximum absolute atomic E-state index is 11.4. The Morgan fingerprint density at radius 2 is 0.982 bits per heavy atom. The number of nitro groups is 2. The molecule has 18 nitrogen and oxygen atoms in total. The zero-order valence-corrected chi connectivity index (χ0v) is 29.6. The maximum atomic E-state index is 11.4. The van der Waals surface area contributed by atoms with Gasteiger partial charge in [0.05, 0.1) is 66.2 Å². The minimum Gasteiger partial charge on any atom is -0.493 e. The zero-order valence-electron chi connectivity index (χ0n) is 28.5. The molecule has 4 N–H and O–H groups in total. The van der Waals surface area contributed by atoms with E-state index in [4.69, 9.17) is 0 Å². The standard InChI is InChI=1S/2C18H14N4O5.Co/c2*1-11-15(17(23)21(20-11)12-5-3-2-4-6-12)10-19-16-8-7-13(22(26)27)9-14(16)18(24)25;/h2*2-10,23H,1H3,(H,24,25);. The summed E-state index contributed by atoms with van der Waals surface area (Å²) in [5, 5.41) is 69.6. The van der Waals surface area contributed by atoms with Crippen molar-refractivity contribution in [3.05, 3.63) is 151 Å². The van der Waals surface area contributed by atoms with Crippen LogP contribution in [0, 0.1) is 34.1 Å². The van der Waals surface area contributed by atoms with Gasteiger partial charge in [-0.2, -0.15) is 10.2 Å². The van der Waals surface area contributed by atoms with Crippen LogP contribution in [-0.2, 0) is 16.8 Å². The smallest absolute Gasteiger partial charge is 0.338 e. The Morgan fingerprint density at radius 3 is 1.29 bits per heavy atom. The Hall–Kier alpha value is -7.51. The number of non-ortho nitro benzene ring substituents is 2. The summed E-state index contributed by atoms with van der Waals surface area (Å²) in [4.78, 5) is 51.2. The zero-order chi connectivity index (χ0) is 39.1. The summed E-state index contributed by atoms with van der Waals surface area (Å²) in [6.07, 6.45) is 2.56. The van der Waals surface area contributed by atoms with Crippen molar-refractivity contribution < 1.29 is 56.6 Å². The van der Waals surface area contributed by atoms with Gasteiger partial charge in [0.2, 0.25) is 11.8 Å². The van der Waals surface area contributed by atoms with E-state index in [1.807, 2.05) is 12.1 Å². The van der Waals surface area contributed by atoms with Crippen LogP contribution in [-0.4, -0.2) is 74.2 Å². The van der Waals surface area contributed by atoms with Crippen LogP contribution in [0.4, 0.5) is 22.7 Å². The molecule has 6 rings (SSSR count). The van der Waals surface area contributed by atoms with E-state index < -0.39 is 21.8 Å². The molecule has 0 saturated heterocycles. The maximum Gasteiger partial charge on any atom is 0.338 e. The second kappa shape index (κ2) is 17.3. The SMILES string of the molecule is Cc1nn(-c2ccccc2)c(O)c1C=Nc1ccc([N+](=O)[O-])cc1C(=O)O.Cc1nn(-c2ccccc2)c(O)c1C=Nc1ccc([N+](=O)[O-])cc1C(=O)O.[Co]. The van der Waals surface area contributed by atoms with E-state index in [9.17, 15) is 50.2 Å². The van der Waals surface area contributed by atoms with Crippen molar-refractivity contribution in [2.45, 2.75) is 13.8 Å². The predicted molar refractivity (Wildman–Crippen MR) is 195 cm³/mol. The fourth-order valence-corrected chi connectivity index (χ4v) is 4.97. The number of nitrogens with zero attached hydrogens (tertiary/aromatic N) is 8. The van der Waals surface area contributed by atoms with Crippen LogP contribution in [0.2, 0.25) is 0 Å². The summed E-state index contributed by atoms with van der Waals surface area (Å²) in [6, 6.07) is 24.6.